The lowest BCUT2D eigenvalue weighted by Crippen LogP contribution is -2.03. The van der Waals surface area contributed by atoms with Crippen LogP contribution in [0, 0.1) is 0 Å². The summed E-state index contributed by atoms with van der Waals surface area (Å²) < 4.78 is 0. The molecule has 0 heterocycles. The Hall–Kier alpha value is -0.830. The largest absolute Gasteiger partial charge is 0.481 e. The van der Waals surface area contributed by atoms with E-state index in [0.29, 0.717) is 0 Å². The summed E-state index contributed by atoms with van der Waals surface area (Å²) in [6, 6.07) is 0. The van der Waals surface area contributed by atoms with Gasteiger partial charge in [-0.25, -0.2) is 0 Å². The molecule has 0 aliphatic carbocycles. The van der Waals surface area contributed by atoms with Crippen molar-refractivity contribution in [2.24, 2.45) is 0 Å². The molecule has 0 aromatic heterocycles. The number of carboxylic acids is 1. The maximum atomic E-state index is 9.28. The molecule has 1 atom stereocenters. The Balaban J connectivity index is 0. The van der Waals surface area contributed by atoms with Gasteiger partial charge in [-0.15, -0.1) is 6.58 Å². The average molecular weight is 216 g/mol. The average Bonchev–Trinajstić information content (AvgIpc) is 2.12. The van der Waals surface area contributed by atoms with Crippen LogP contribution in [-0.2, 0) is 4.79 Å². The monoisotopic (exact) mass is 216 g/mol. The van der Waals surface area contributed by atoms with E-state index in [-0.39, 0.29) is 6.10 Å². The van der Waals surface area contributed by atoms with Crippen LogP contribution in [0.4, 0.5) is 0 Å². The summed E-state index contributed by atoms with van der Waals surface area (Å²) in [6.07, 6.45) is 8.28. The second-order valence-electron chi connectivity index (χ2n) is 3.55. The number of aliphatic hydroxyl groups is 1. The molecule has 0 rings (SSSR count). The van der Waals surface area contributed by atoms with Crippen molar-refractivity contribution in [3.8, 4) is 0 Å². The highest BCUT2D eigenvalue weighted by molar-refractivity contribution is 5.62. The summed E-state index contributed by atoms with van der Waals surface area (Å²) in [6.45, 7) is 6.86. The van der Waals surface area contributed by atoms with E-state index in [0.717, 1.165) is 26.2 Å². The summed E-state index contributed by atoms with van der Waals surface area (Å²) in [5.74, 6) is -0.833. The van der Waals surface area contributed by atoms with Gasteiger partial charge in [0.1, 0.15) is 0 Å². The molecule has 0 radical (unpaired) electrons. The zero-order valence-corrected chi connectivity index (χ0v) is 9.91. The lowest BCUT2D eigenvalue weighted by Gasteiger charge is -2.06. The predicted molar refractivity (Wildman–Crippen MR) is 62.9 cm³/mol. The van der Waals surface area contributed by atoms with Crippen LogP contribution in [0.5, 0.6) is 0 Å². The standard InChI is InChI=1S/C10H20O.C2H4O2/c1-3-5-6-7-9-10(11)8-4-2;1-2(3)4/h4,10-11H,2-3,5-9H2,1H3;1H3,(H,3,4). The third kappa shape index (κ3) is 24.6. The van der Waals surface area contributed by atoms with Gasteiger partial charge in [0.2, 0.25) is 0 Å². The molecule has 0 spiro atoms. The Kier molecular flexibility index (Phi) is 14.6. The van der Waals surface area contributed by atoms with Gasteiger partial charge in [-0.3, -0.25) is 4.79 Å². The number of unbranched alkanes of at least 4 members (excludes halogenated alkanes) is 3. The molecule has 1 unspecified atom stereocenters. The fourth-order valence-corrected chi connectivity index (χ4v) is 1.12. The molecular weight excluding hydrogens is 192 g/mol. The molecule has 0 fully saturated rings. The minimum absolute atomic E-state index is 0.149. The van der Waals surface area contributed by atoms with Crippen molar-refractivity contribution in [1.82, 2.24) is 0 Å². The SMILES string of the molecule is C=CCC(O)CCCCCC.CC(=O)O. The normalized spacial score (nSPS) is 11.1. The van der Waals surface area contributed by atoms with Crippen LogP contribution in [-0.4, -0.2) is 22.3 Å². The second kappa shape index (κ2) is 13.2. The molecule has 3 heteroatoms. The third-order valence-electron chi connectivity index (χ3n) is 1.83. The van der Waals surface area contributed by atoms with Crippen molar-refractivity contribution < 1.29 is 15.0 Å². The zero-order chi connectivity index (χ0) is 12.1. The number of hydrogen-bond donors (Lipinski definition) is 2. The fraction of sp³-hybridized carbons (Fsp3) is 0.750. The van der Waals surface area contributed by atoms with E-state index in [1.54, 1.807) is 6.08 Å². The predicted octanol–water partition coefficient (Wildman–Crippen LogP) is 2.98. The van der Waals surface area contributed by atoms with Gasteiger partial charge in [0.15, 0.2) is 0 Å². The summed E-state index contributed by atoms with van der Waals surface area (Å²) in [5.41, 5.74) is 0. The van der Waals surface area contributed by atoms with E-state index in [2.05, 4.69) is 13.5 Å². The van der Waals surface area contributed by atoms with E-state index in [1.165, 1.54) is 19.3 Å². The van der Waals surface area contributed by atoms with Crippen molar-refractivity contribution in [1.29, 1.82) is 0 Å². The van der Waals surface area contributed by atoms with Gasteiger partial charge >= 0.3 is 0 Å². The van der Waals surface area contributed by atoms with Crippen LogP contribution in [0.1, 0.15) is 52.4 Å². The number of rotatable bonds is 7. The smallest absolute Gasteiger partial charge is 0.300 e. The van der Waals surface area contributed by atoms with Crippen LogP contribution in [0.15, 0.2) is 12.7 Å². The quantitative estimate of drug-likeness (QED) is 0.508. The Morgan fingerprint density at radius 1 is 1.40 bits per heavy atom. The molecule has 0 aromatic carbocycles. The molecule has 0 aliphatic rings. The van der Waals surface area contributed by atoms with E-state index < -0.39 is 5.97 Å². The number of hydrogen-bond acceptors (Lipinski definition) is 2. The van der Waals surface area contributed by atoms with Crippen LogP contribution in [0.2, 0.25) is 0 Å². The first kappa shape index (κ1) is 16.6. The summed E-state index contributed by atoms with van der Waals surface area (Å²) in [4.78, 5) is 9.00. The molecule has 3 nitrogen and oxygen atoms in total. The molecular formula is C12H24O3. The Morgan fingerprint density at radius 2 is 1.93 bits per heavy atom. The van der Waals surface area contributed by atoms with Crippen molar-refractivity contribution in [2.75, 3.05) is 0 Å². The van der Waals surface area contributed by atoms with Crippen LogP contribution >= 0.6 is 0 Å². The number of aliphatic carboxylic acids is 1. The van der Waals surface area contributed by atoms with E-state index in [4.69, 9.17) is 9.90 Å². The Labute approximate surface area is 92.8 Å². The maximum Gasteiger partial charge on any atom is 0.300 e. The molecule has 0 saturated carbocycles. The van der Waals surface area contributed by atoms with Gasteiger partial charge in [-0.1, -0.05) is 38.7 Å². The maximum absolute atomic E-state index is 9.28. The van der Waals surface area contributed by atoms with E-state index in [1.807, 2.05) is 0 Å². The number of carbonyl (C=O) groups is 1. The summed E-state index contributed by atoms with van der Waals surface area (Å²) in [5, 5.41) is 16.7. The van der Waals surface area contributed by atoms with Crippen molar-refractivity contribution >= 4 is 5.97 Å². The lowest BCUT2D eigenvalue weighted by molar-refractivity contribution is -0.134. The fourth-order valence-electron chi connectivity index (χ4n) is 1.12. The first-order chi connectivity index (χ1) is 7.04. The molecule has 0 aromatic rings. The van der Waals surface area contributed by atoms with Gasteiger partial charge in [-0.05, 0) is 12.8 Å². The Morgan fingerprint density at radius 3 is 2.33 bits per heavy atom. The molecule has 90 valence electrons. The van der Waals surface area contributed by atoms with E-state index >= 15 is 0 Å². The van der Waals surface area contributed by atoms with Crippen molar-refractivity contribution in [3.05, 3.63) is 12.7 Å². The molecule has 15 heavy (non-hydrogen) atoms. The first-order valence-electron chi connectivity index (χ1n) is 5.53. The molecule has 0 amide bonds. The Bertz CT molecular complexity index is 151. The highest BCUT2D eigenvalue weighted by Gasteiger charge is 1.99. The van der Waals surface area contributed by atoms with Gasteiger partial charge in [0.25, 0.3) is 5.97 Å². The van der Waals surface area contributed by atoms with E-state index in [9.17, 15) is 5.11 Å². The molecule has 2 N–H and O–H groups in total. The van der Waals surface area contributed by atoms with Crippen molar-refractivity contribution in [3.63, 3.8) is 0 Å². The molecule has 0 saturated heterocycles. The second-order valence-corrected chi connectivity index (χ2v) is 3.55. The summed E-state index contributed by atoms with van der Waals surface area (Å²) in [7, 11) is 0. The highest BCUT2D eigenvalue weighted by Crippen LogP contribution is 2.07. The molecule has 0 bridgehead atoms. The minimum atomic E-state index is -0.833. The molecule has 0 aliphatic heterocycles. The lowest BCUT2D eigenvalue weighted by atomic mass is 10.1. The third-order valence-corrected chi connectivity index (χ3v) is 1.83. The highest BCUT2D eigenvalue weighted by atomic mass is 16.4. The number of carboxylic acid groups (broad SMARTS) is 1. The van der Waals surface area contributed by atoms with Gasteiger partial charge < -0.3 is 10.2 Å². The first-order valence-corrected chi connectivity index (χ1v) is 5.53. The van der Waals surface area contributed by atoms with Crippen LogP contribution in [0.25, 0.3) is 0 Å². The topological polar surface area (TPSA) is 57.5 Å². The van der Waals surface area contributed by atoms with Gasteiger partial charge in [-0.2, -0.15) is 0 Å². The van der Waals surface area contributed by atoms with Crippen LogP contribution < -0.4 is 0 Å². The van der Waals surface area contributed by atoms with Crippen molar-refractivity contribution in [2.45, 2.75) is 58.5 Å². The van der Waals surface area contributed by atoms with Crippen LogP contribution in [0.3, 0.4) is 0 Å². The number of aliphatic hydroxyl groups excluding tert-OH is 1. The summed E-state index contributed by atoms with van der Waals surface area (Å²) >= 11 is 0. The zero-order valence-electron chi connectivity index (χ0n) is 9.91. The van der Waals surface area contributed by atoms with Gasteiger partial charge in [0, 0.05) is 6.92 Å². The minimum Gasteiger partial charge on any atom is -0.481 e. The van der Waals surface area contributed by atoms with Gasteiger partial charge in [0.05, 0.1) is 6.10 Å².